The summed E-state index contributed by atoms with van der Waals surface area (Å²) >= 11 is 12.2. The SMILES string of the molecule is CCNCC1(c2ccc(Cl)c(Cl)c2)CCCCC1.Cl. The Bertz CT molecular complexity index is 400. The molecule has 0 heterocycles. The first-order valence-electron chi connectivity index (χ1n) is 6.84. The first kappa shape index (κ1) is 17.1. The number of hydrogen-bond acceptors (Lipinski definition) is 1. The average Bonchev–Trinajstić information content (AvgIpc) is 2.40. The molecule has 4 heteroatoms. The van der Waals surface area contributed by atoms with Gasteiger partial charge in [0.05, 0.1) is 10.0 Å². The van der Waals surface area contributed by atoms with Crippen LogP contribution in [0.4, 0.5) is 0 Å². The molecule has 0 amide bonds. The van der Waals surface area contributed by atoms with E-state index < -0.39 is 0 Å². The lowest BCUT2D eigenvalue weighted by Gasteiger charge is -2.38. The van der Waals surface area contributed by atoms with E-state index in [1.807, 2.05) is 6.07 Å². The molecule has 0 aliphatic heterocycles. The molecule has 1 N–H and O–H groups in total. The minimum absolute atomic E-state index is 0. The Balaban J connectivity index is 0.00000180. The van der Waals surface area contributed by atoms with E-state index in [0.717, 1.165) is 13.1 Å². The van der Waals surface area contributed by atoms with Gasteiger partial charge in [-0.05, 0) is 37.1 Å². The molecule has 0 bridgehead atoms. The van der Waals surface area contributed by atoms with E-state index in [-0.39, 0.29) is 17.8 Å². The van der Waals surface area contributed by atoms with E-state index in [9.17, 15) is 0 Å². The number of rotatable bonds is 4. The van der Waals surface area contributed by atoms with Gasteiger partial charge in [0.25, 0.3) is 0 Å². The highest BCUT2D eigenvalue weighted by atomic mass is 35.5. The second kappa shape index (κ2) is 7.73. The fraction of sp³-hybridized carbons (Fsp3) is 0.600. The summed E-state index contributed by atoms with van der Waals surface area (Å²) in [7, 11) is 0. The summed E-state index contributed by atoms with van der Waals surface area (Å²) in [4.78, 5) is 0. The molecule has 1 aromatic rings. The average molecular weight is 323 g/mol. The van der Waals surface area contributed by atoms with Gasteiger partial charge in [-0.15, -0.1) is 12.4 Å². The molecule has 1 saturated carbocycles. The second-order valence-electron chi connectivity index (χ2n) is 5.25. The Morgan fingerprint density at radius 2 is 1.79 bits per heavy atom. The van der Waals surface area contributed by atoms with Crippen LogP contribution in [0.2, 0.25) is 10.0 Å². The summed E-state index contributed by atoms with van der Waals surface area (Å²) in [5.41, 5.74) is 1.60. The molecule has 1 aromatic carbocycles. The standard InChI is InChI=1S/C15H21Cl2N.ClH/c1-2-18-11-15(8-4-3-5-9-15)12-6-7-13(16)14(17)10-12;/h6-7,10,18H,2-5,8-9,11H2,1H3;1H. The zero-order valence-electron chi connectivity index (χ0n) is 11.3. The van der Waals surface area contributed by atoms with E-state index in [1.165, 1.54) is 37.7 Å². The van der Waals surface area contributed by atoms with Crippen molar-refractivity contribution >= 4 is 35.6 Å². The summed E-state index contributed by atoms with van der Waals surface area (Å²) in [5, 5.41) is 4.84. The molecule has 1 nitrogen and oxygen atoms in total. The van der Waals surface area contributed by atoms with Crippen LogP contribution in [0.3, 0.4) is 0 Å². The molecule has 0 saturated heterocycles. The van der Waals surface area contributed by atoms with Gasteiger partial charge in [0.2, 0.25) is 0 Å². The van der Waals surface area contributed by atoms with Crippen molar-refractivity contribution in [2.45, 2.75) is 44.4 Å². The third-order valence-corrected chi connectivity index (χ3v) is 4.80. The van der Waals surface area contributed by atoms with Gasteiger partial charge in [-0.2, -0.15) is 0 Å². The van der Waals surface area contributed by atoms with Crippen LogP contribution >= 0.6 is 35.6 Å². The van der Waals surface area contributed by atoms with Gasteiger partial charge in [0, 0.05) is 12.0 Å². The molecule has 1 fully saturated rings. The molecular formula is C15H22Cl3N. The van der Waals surface area contributed by atoms with Crippen LogP contribution in [0.25, 0.3) is 0 Å². The Morgan fingerprint density at radius 1 is 1.11 bits per heavy atom. The lowest BCUT2D eigenvalue weighted by atomic mass is 9.69. The number of benzene rings is 1. The molecule has 0 atom stereocenters. The molecular weight excluding hydrogens is 301 g/mol. The topological polar surface area (TPSA) is 12.0 Å². The zero-order valence-corrected chi connectivity index (χ0v) is 13.7. The lowest BCUT2D eigenvalue weighted by Crippen LogP contribution is -2.39. The Kier molecular flexibility index (Phi) is 6.96. The number of halogens is 3. The molecule has 108 valence electrons. The summed E-state index contributed by atoms with van der Waals surface area (Å²) in [6, 6.07) is 6.14. The predicted octanol–water partition coefficient (Wildman–Crippen LogP) is 5.23. The lowest BCUT2D eigenvalue weighted by molar-refractivity contribution is 0.282. The highest BCUT2D eigenvalue weighted by molar-refractivity contribution is 6.42. The van der Waals surface area contributed by atoms with E-state index >= 15 is 0 Å². The monoisotopic (exact) mass is 321 g/mol. The minimum Gasteiger partial charge on any atom is -0.316 e. The number of nitrogens with one attached hydrogen (secondary N) is 1. The van der Waals surface area contributed by atoms with Crippen molar-refractivity contribution in [3.8, 4) is 0 Å². The largest absolute Gasteiger partial charge is 0.316 e. The quantitative estimate of drug-likeness (QED) is 0.800. The molecule has 0 unspecified atom stereocenters. The smallest absolute Gasteiger partial charge is 0.0595 e. The summed E-state index contributed by atoms with van der Waals surface area (Å²) < 4.78 is 0. The summed E-state index contributed by atoms with van der Waals surface area (Å²) in [5.74, 6) is 0. The Hall–Kier alpha value is 0.0500. The number of likely N-dealkylation sites (N-methyl/N-ethyl adjacent to an activating group) is 1. The molecule has 1 aliphatic rings. The summed E-state index contributed by atoms with van der Waals surface area (Å²) in [6.07, 6.45) is 6.47. The predicted molar refractivity (Wildman–Crippen MR) is 87.0 cm³/mol. The van der Waals surface area contributed by atoms with Crippen molar-refractivity contribution in [2.75, 3.05) is 13.1 Å². The zero-order chi connectivity index (χ0) is 13.0. The fourth-order valence-electron chi connectivity index (χ4n) is 2.99. The highest BCUT2D eigenvalue weighted by Crippen LogP contribution is 2.40. The normalized spacial score (nSPS) is 17.8. The molecule has 2 rings (SSSR count). The van der Waals surface area contributed by atoms with Crippen LogP contribution in [0.1, 0.15) is 44.6 Å². The maximum Gasteiger partial charge on any atom is 0.0595 e. The van der Waals surface area contributed by atoms with Crippen molar-refractivity contribution in [1.82, 2.24) is 5.32 Å². The summed E-state index contributed by atoms with van der Waals surface area (Å²) in [6.45, 7) is 4.22. The number of hydrogen-bond donors (Lipinski definition) is 1. The van der Waals surface area contributed by atoms with Gasteiger partial charge >= 0.3 is 0 Å². The molecule has 1 aliphatic carbocycles. The van der Waals surface area contributed by atoms with E-state index in [4.69, 9.17) is 23.2 Å². The van der Waals surface area contributed by atoms with Crippen LogP contribution in [-0.4, -0.2) is 13.1 Å². The van der Waals surface area contributed by atoms with Gasteiger partial charge in [0.1, 0.15) is 0 Å². The van der Waals surface area contributed by atoms with Crippen LogP contribution in [0.15, 0.2) is 18.2 Å². The van der Waals surface area contributed by atoms with Crippen molar-refractivity contribution in [2.24, 2.45) is 0 Å². The minimum atomic E-state index is 0. The molecule has 0 aromatic heterocycles. The molecule has 19 heavy (non-hydrogen) atoms. The Labute approximate surface area is 132 Å². The van der Waals surface area contributed by atoms with Crippen LogP contribution in [0, 0.1) is 0 Å². The van der Waals surface area contributed by atoms with Crippen molar-refractivity contribution in [3.05, 3.63) is 33.8 Å². The van der Waals surface area contributed by atoms with Gasteiger partial charge in [-0.1, -0.05) is 55.5 Å². The van der Waals surface area contributed by atoms with Crippen LogP contribution in [0.5, 0.6) is 0 Å². The van der Waals surface area contributed by atoms with E-state index in [1.54, 1.807) is 0 Å². The molecule has 0 radical (unpaired) electrons. The third-order valence-electron chi connectivity index (χ3n) is 4.06. The maximum absolute atomic E-state index is 6.18. The first-order chi connectivity index (χ1) is 8.68. The van der Waals surface area contributed by atoms with Crippen LogP contribution in [-0.2, 0) is 5.41 Å². The second-order valence-corrected chi connectivity index (χ2v) is 6.06. The van der Waals surface area contributed by atoms with Gasteiger partial charge in [0.15, 0.2) is 0 Å². The van der Waals surface area contributed by atoms with E-state index in [2.05, 4.69) is 24.4 Å². The van der Waals surface area contributed by atoms with Gasteiger partial charge in [-0.25, -0.2) is 0 Å². The van der Waals surface area contributed by atoms with E-state index in [0.29, 0.717) is 10.0 Å². The third kappa shape index (κ3) is 4.01. The highest BCUT2D eigenvalue weighted by Gasteiger charge is 2.33. The first-order valence-corrected chi connectivity index (χ1v) is 7.60. The fourth-order valence-corrected chi connectivity index (χ4v) is 3.28. The van der Waals surface area contributed by atoms with Gasteiger partial charge < -0.3 is 5.32 Å². The maximum atomic E-state index is 6.18. The van der Waals surface area contributed by atoms with Gasteiger partial charge in [-0.3, -0.25) is 0 Å². The molecule has 0 spiro atoms. The Morgan fingerprint density at radius 3 is 2.37 bits per heavy atom. The van der Waals surface area contributed by atoms with Crippen molar-refractivity contribution in [3.63, 3.8) is 0 Å². The van der Waals surface area contributed by atoms with Crippen LogP contribution < -0.4 is 5.32 Å². The van der Waals surface area contributed by atoms with Crippen molar-refractivity contribution in [1.29, 1.82) is 0 Å². The van der Waals surface area contributed by atoms with Crippen molar-refractivity contribution < 1.29 is 0 Å².